The number of rotatable bonds is 4. The Bertz CT molecular complexity index is 667. The van der Waals surface area contributed by atoms with Crippen molar-refractivity contribution in [1.29, 1.82) is 5.26 Å². The largest absolute Gasteiger partial charge is 0.488 e. The Morgan fingerprint density at radius 2 is 2.00 bits per heavy atom. The summed E-state index contributed by atoms with van der Waals surface area (Å²) in [5.74, 6) is 0.258. The second kappa shape index (κ2) is 6.87. The van der Waals surface area contributed by atoms with Crippen LogP contribution in [0.2, 0.25) is 0 Å². The van der Waals surface area contributed by atoms with Crippen molar-refractivity contribution < 1.29 is 9.13 Å². The van der Waals surface area contributed by atoms with E-state index in [0.717, 1.165) is 15.4 Å². The smallest absolute Gasteiger partial charge is 0.134 e. The molecular formula is C15H10Br2FNO. The molecule has 0 aliphatic rings. The number of hydrogen-bond donors (Lipinski definition) is 0. The van der Waals surface area contributed by atoms with Gasteiger partial charge in [-0.15, -0.1) is 0 Å². The highest BCUT2D eigenvalue weighted by molar-refractivity contribution is 9.10. The predicted octanol–water partition coefficient (Wildman–Crippen LogP) is 4.93. The van der Waals surface area contributed by atoms with Crippen LogP contribution in [0.5, 0.6) is 5.75 Å². The second-order valence-corrected chi connectivity index (χ2v) is 5.52. The van der Waals surface area contributed by atoms with Crippen molar-refractivity contribution in [2.45, 2.75) is 11.9 Å². The van der Waals surface area contributed by atoms with Crippen molar-refractivity contribution in [2.24, 2.45) is 0 Å². The maximum Gasteiger partial charge on any atom is 0.134 e. The van der Waals surface area contributed by atoms with Crippen molar-refractivity contribution in [3.8, 4) is 11.8 Å². The summed E-state index contributed by atoms with van der Waals surface area (Å²) < 4.78 is 20.0. The third-order valence-electron chi connectivity index (χ3n) is 2.71. The number of hydrogen-bond acceptors (Lipinski definition) is 2. The van der Waals surface area contributed by atoms with Gasteiger partial charge in [-0.2, -0.15) is 5.26 Å². The molecule has 0 fully saturated rings. The summed E-state index contributed by atoms with van der Waals surface area (Å²) in [7, 11) is 0. The fourth-order valence-corrected chi connectivity index (χ4v) is 2.54. The van der Waals surface area contributed by atoms with E-state index >= 15 is 0 Å². The SMILES string of the molecule is N#Cc1ccc(F)c(COc2ccc(CBr)cc2Br)c1. The van der Waals surface area contributed by atoms with Gasteiger partial charge in [0, 0.05) is 10.9 Å². The zero-order chi connectivity index (χ0) is 14.5. The Hall–Kier alpha value is -1.38. The van der Waals surface area contributed by atoms with Gasteiger partial charge >= 0.3 is 0 Å². The average Bonchev–Trinajstić information content (AvgIpc) is 2.47. The number of nitriles is 1. The highest BCUT2D eigenvalue weighted by Gasteiger charge is 2.07. The van der Waals surface area contributed by atoms with Gasteiger partial charge in [-0.25, -0.2) is 4.39 Å². The van der Waals surface area contributed by atoms with Crippen LogP contribution in [-0.4, -0.2) is 0 Å². The summed E-state index contributed by atoms with van der Waals surface area (Å²) in [6.07, 6.45) is 0. The van der Waals surface area contributed by atoms with Crippen molar-refractivity contribution in [2.75, 3.05) is 0 Å². The van der Waals surface area contributed by atoms with E-state index in [4.69, 9.17) is 10.00 Å². The van der Waals surface area contributed by atoms with Crippen molar-refractivity contribution in [3.05, 3.63) is 63.4 Å². The van der Waals surface area contributed by atoms with E-state index in [-0.39, 0.29) is 12.4 Å². The van der Waals surface area contributed by atoms with Crippen LogP contribution < -0.4 is 4.74 Å². The molecule has 102 valence electrons. The number of nitrogens with zero attached hydrogens (tertiary/aromatic N) is 1. The minimum absolute atomic E-state index is 0.0770. The topological polar surface area (TPSA) is 33.0 Å². The van der Waals surface area contributed by atoms with Gasteiger partial charge in [0.2, 0.25) is 0 Å². The zero-order valence-electron chi connectivity index (χ0n) is 10.4. The summed E-state index contributed by atoms with van der Waals surface area (Å²) in [5.41, 5.74) is 1.89. The van der Waals surface area contributed by atoms with Gasteiger partial charge in [0.1, 0.15) is 18.2 Å². The first-order valence-electron chi connectivity index (χ1n) is 5.79. The van der Waals surface area contributed by atoms with Crippen LogP contribution in [0.25, 0.3) is 0 Å². The van der Waals surface area contributed by atoms with E-state index < -0.39 is 0 Å². The molecule has 0 spiro atoms. The van der Waals surface area contributed by atoms with Crippen LogP contribution in [-0.2, 0) is 11.9 Å². The summed E-state index contributed by atoms with van der Waals surface area (Å²) >= 11 is 6.79. The molecule has 0 saturated carbocycles. The highest BCUT2D eigenvalue weighted by Crippen LogP contribution is 2.28. The van der Waals surface area contributed by atoms with Crippen LogP contribution >= 0.6 is 31.9 Å². The third kappa shape index (κ3) is 3.59. The van der Waals surface area contributed by atoms with Gasteiger partial charge in [0.15, 0.2) is 0 Å². The van der Waals surface area contributed by atoms with Gasteiger partial charge < -0.3 is 4.74 Å². The lowest BCUT2D eigenvalue weighted by molar-refractivity contribution is 0.298. The van der Waals surface area contributed by atoms with Gasteiger partial charge in [0.25, 0.3) is 0 Å². The van der Waals surface area contributed by atoms with Crippen molar-refractivity contribution >= 4 is 31.9 Å². The van der Waals surface area contributed by atoms with E-state index in [9.17, 15) is 4.39 Å². The first-order chi connectivity index (χ1) is 9.63. The second-order valence-electron chi connectivity index (χ2n) is 4.11. The molecule has 0 amide bonds. The molecule has 0 bridgehead atoms. The summed E-state index contributed by atoms with van der Waals surface area (Å²) in [4.78, 5) is 0. The predicted molar refractivity (Wildman–Crippen MR) is 82.2 cm³/mol. The Morgan fingerprint density at radius 1 is 1.20 bits per heavy atom. The average molecular weight is 399 g/mol. The molecule has 2 aromatic carbocycles. The maximum atomic E-state index is 13.6. The van der Waals surface area contributed by atoms with E-state index in [0.29, 0.717) is 16.9 Å². The summed E-state index contributed by atoms with van der Waals surface area (Å²) in [5, 5.41) is 9.57. The molecule has 0 heterocycles. The molecule has 0 atom stereocenters. The molecule has 2 nitrogen and oxygen atoms in total. The van der Waals surface area contributed by atoms with E-state index in [1.54, 1.807) is 0 Å². The van der Waals surface area contributed by atoms with Crippen LogP contribution in [0.3, 0.4) is 0 Å². The normalized spacial score (nSPS) is 10.1. The van der Waals surface area contributed by atoms with Gasteiger partial charge in [-0.05, 0) is 51.8 Å². The molecule has 2 aromatic rings. The van der Waals surface area contributed by atoms with Gasteiger partial charge in [-0.1, -0.05) is 22.0 Å². The molecule has 0 saturated heterocycles. The number of halogens is 3. The Morgan fingerprint density at radius 3 is 2.65 bits per heavy atom. The molecule has 2 rings (SSSR count). The molecule has 0 unspecified atom stereocenters. The highest BCUT2D eigenvalue weighted by atomic mass is 79.9. The summed E-state index contributed by atoms with van der Waals surface area (Å²) in [6.45, 7) is 0.0770. The van der Waals surface area contributed by atoms with Crippen LogP contribution in [0.15, 0.2) is 40.9 Å². The fourth-order valence-electron chi connectivity index (χ4n) is 1.65. The number of ether oxygens (including phenoxy) is 1. The van der Waals surface area contributed by atoms with E-state index in [1.807, 2.05) is 24.3 Å². The molecule has 0 aromatic heterocycles. The van der Waals surface area contributed by atoms with E-state index in [2.05, 4.69) is 31.9 Å². The van der Waals surface area contributed by atoms with Gasteiger partial charge in [-0.3, -0.25) is 0 Å². The maximum absolute atomic E-state index is 13.6. The first-order valence-corrected chi connectivity index (χ1v) is 7.71. The first kappa shape index (κ1) is 15.0. The number of alkyl halides is 1. The molecule has 0 aliphatic carbocycles. The standard InChI is InChI=1S/C15H10Br2FNO/c16-7-10-2-4-15(13(17)6-10)20-9-12-5-11(8-19)1-3-14(12)18/h1-6H,7,9H2. The van der Waals surface area contributed by atoms with Gasteiger partial charge in [0.05, 0.1) is 16.1 Å². The Labute approximate surface area is 133 Å². The fraction of sp³-hybridized carbons (Fsp3) is 0.133. The molecule has 20 heavy (non-hydrogen) atoms. The lowest BCUT2D eigenvalue weighted by atomic mass is 10.1. The molecular weight excluding hydrogens is 389 g/mol. The van der Waals surface area contributed by atoms with Crippen molar-refractivity contribution in [3.63, 3.8) is 0 Å². The Balaban J connectivity index is 2.15. The van der Waals surface area contributed by atoms with Crippen molar-refractivity contribution in [1.82, 2.24) is 0 Å². The zero-order valence-corrected chi connectivity index (χ0v) is 13.5. The monoisotopic (exact) mass is 397 g/mol. The molecule has 0 radical (unpaired) electrons. The van der Waals surface area contributed by atoms with Crippen LogP contribution in [0.1, 0.15) is 16.7 Å². The molecule has 0 N–H and O–H groups in total. The van der Waals surface area contributed by atoms with Crippen LogP contribution in [0.4, 0.5) is 4.39 Å². The summed E-state index contributed by atoms with van der Waals surface area (Å²) in [6, 6.07) is 11.9. The Kier molecular flexibility index (Phi) is 5.16. The molecule has 0 aliphatic heterocycles. The lowest BCUT2D eigenvalue weighted by Crippen LogP contribution is -2.00. The number of benzene rings is 2. The molecule has 5 heteroatoms. The van der Waals surface area contributed by atoms with E-state index in [1.165, 1.54) is 18.2 Å². The third-order valence-corrected chi connectivity index (χ3v) is 3.98. The minimum Gasteiger partial charge on any atom is -0.488 e. The van der Waals surface area contributed by atoms with Crippen LogP contribution in [0, 0.1) is 17.1 Å². The quantitative estimate of drug-likeness (QED) is 0.683. The minimum atomic E-state index is -0.378. The lowest BCUT2D eigenvalue weighted by Gasteiger charge is -2.10.